The van der Waals surface area contributed by atoms with E-state index in [0.29, 0.717) is 18.3 Å². The average molecular weight is 251 g/mol. The Balaban J connectivity index is 2.43. The van der Waals surface area contributed by atoms with Gasteiger partial charge in [-0.15, -0.1) is 0 Å². The number of hydrogen-bond donors (Lipinski definition) is 0. The summed E-state index contributed by atoms with van der Waals surface area (Å²) in [4.78, 5) is 1.82. The van der Waals surface area contributed by atoms with Crippen LogP contribution in [-0.4, -0.2) is 49.2 Å². The van der Waals surface area contributed by atoms with Crippen LogP contribution in [0.3, 0.4) is 0 Å². The molecular weight excluding hydrogens is 234 g/mol. The topological polar surface area (TPSA) is 46.6 Å². The van der Waals surface area contributed by atoms with Crippen molar-refractivity contribution in [2.45, 2.75) is 26.4 Å². The van der Waals surface area contributed by atoms with Gasteiger partial charge in [-0.25, -0.2) is 8.42 Å². The van der Waals surface area contributed by atoms with Crippen LogP contribution in [0.15, 0.2) is 0 Å². The molecule has 1 aliphatic rings. The maximum absolute atomic E-state index is 11.2. The van der Waals surface area contributed by atoms with Gasteiger partial charge in [-0.1, -0.05) is 6.92 Å². The largest absolute Gasteiger partial charge is 0.468 e. The fourth-order valence-corrected chi connectivity index (χ4v) is 2.77. The Morgan fingerprint density at radius 2 is 2.00 bits per heavy atom. The molecule has 1 rings (SSSR count). The first kappa shape index (κ1) is 12.7. The van der Waals surface area contributed by atoms with Gasteiger partial charge in [0.2, 0.25) is 0 Å². The molecule has 0 aliphatic carbocycles. The minimum Gasteiger partial charge on any atom is -0.468 e. The maximum atomic E-state index is 11.2. The van der Waals surface area contributed by atoms with Crippen LogP contribution < -0.4 is 0 Å². The molecule has 0 saturated carbocycles. The summed E-state index contributed by atoms with van der Waals surface area (Å²) >= 11 is 5.10. The zero-order valence-corrected chi connectivity index (χ0v) is 10.7. The standard InChI is InChI=1S/C9H17NO3S2/c1-3-8(2)13-9(14)10-4-6-15(11,12)7-5-10/h8H,3-7H2,1-2H3. The summed E-state index contributed by atoms with van der Waals surface area (Å²) in [6, 6.07) is 0. The Labute approximate surface area is 96.5 Å². The molecule has 4 nitrogen and oxygen atoms in total. The molecule has 0 spiro atoms. The minimum absolute atomic E-state index is 0.0935. The number of ether oxygens (including phenoxy) is 1. The lowest BCUT2D eigenvalue weighted by atomic mass is 10.3. The van der Waals surface area contributed by atoms with Crippen LogP contribution in [0.1, 0.15) is 20.3 Å². The van der Waals surface area contributed by atoms with Gasteiger partial charge in [0.25, 0.3) is 5.17 Å². The van der Waals surface area contributed by atoms with E-state index < -0.39 is 9.84 Å². The Bertz CT molecular complexity index is 312. The van der Waals surface area contributed by atoms with Crippen LogP contribution in [0.2, 0.25) is 0 Å². The zero-order chi connectivity index (χ0) is 11.5. The molecule has 1 fully saturated rings. The smallest absolute Gasteiger partial charge is 0.259 e. The zero-order valence-electron chi connectivity index (χ0n) is 9.10. The highest BCUT2D eigenvalue weighted by Crippen LogP contribution is 2.08. The van der Waals surface area contributed by atoms with Crippen molar-refractivity contribution < 1.29 is 13.2 Å². The number of nitrogens with zero attached hydrogens (tertiary/aromatic N) is 1. The number of thiocarbonyl (C=S) groups is 1. The van der Waals surface area contributed by atoms with Crippen molar-refractivity contribution in [3.8, 4) is 0 Å². The third-order valence-electron chi connectivity index (χ3n) is 2.48. The summed E-state index contributed by atoms with van der Waals surface area (Å²) < 4.78 is 27.8. The molecule has 1 saturated heterocycles. The van der Waals surface area contributed by atoms with Crippen molar-refractivity contribution in [2.24, 2.45) is 0 Å². The van der Waals surface area contributed by atoms with E-state index in [9.17, 15) is 8.42 Å². The van der Waals surface area contributed by atoms with E-state index in [1.54, 1.807) is 0 Å². The van der Waals surface area contributed by atoms with Crippen molar-refractivity contribution in [3.05, 3.63) is 0 Å². The Kier molecular flexibility index (Phi) is 4.33. The van der Waals surface area contributed by atoms with Crippen molar-refractivity contribution in [1.82, 2.24) is 4.90 Å². The van der Waals surface area contributed by atoms with Gasteiger partial charge in [0, 0.05) is 13.1 Å². The second kappa shape index (κ2) is 5.12. The van der Waals surface area contributed by atoms with Crippen molar-refractivity contribution in [3.63, 3.8) is 0 Å². The van der Waals surface area contributed by atoms with Crippen LogP contribution in [-0.2, 0) is 14.6 Å². The molecule has 0 amide bonds. The summed E-state index contributed by atoms with van der Waals surface area (Å²) in [5.74, 6) is 0.355. The van der Waals surface area contributed by atoms with E-state index >= 15 is 0 Å². The van der Waals surface area contributed by atoms with E-state index in [4.69, 9.17) is 17.0 Å². The number of rotatable bonds is 2. The predicted molar refractivity (Wildman–Crippen MR) is 63.7 cm³/mol. The molecule has 0 aromatic rings. The molecule has 0 N–H and O–H groups in total. The Hall–Kier alpha value is -0.360. The van der Waals surface area contributed by atoms with Crippen molar-refractivity contribution in [2.75, 3.05) is 24.6 Å². The Morgan fingerprint density at radius 3 is 2.47 bits per heavy atom. The molecule has 15 heavy (non-hydrogen) atoms. The molecule has 0 radical (unpaired) electrons. The van der Waals surface area contributed by atoms with E-state index in [1.165, 1.54) is 0 Å². The molecule has 1 unspecified atom stereocenters. The fraction of sp³-hybridized carbons (Fsp3) is 0.889. The molecule has 0 aromatic carbocycles. The first-order chi connectivity index (χ1) is 6.94. The molecule has 1 atom stereocenters. The first-order valence-electron chi connectivity index (χ1n) is 5.10. The second-order valence-electron chi connectivity index (χ2n) is 3.74. The summed E-state index contributed by atoms with van der Waals surface area (Å²) in [6.07, 6.45) is 0.989. The first-order valence-corrected chi connectivity index (χ1v) is 7.33. The lowest BCUT2D eigenvalue weighted by molar-refractivity contribution is 0.170. The SMILES string of the molecule is CCC(C)OC(=S)N1CCS(=O)(=O)CC1. The van der Waals surface area contributed by atoms with E-state index in [-0.39, 0.29) is 17.6 Å². The lowest BCUT2D eigenvalue weighted by Crippen LogP contribution is -2.44. The van der Waals surface area contributed by atoms with Crippen LogP contribution in [0.25, 0.3) is 0 Å². The highest BCUT2D eigenvalue weighted by molar-refractivity contribution is 7.91. The van der Waals surface area contributed by atoms with E-state index in [0.717, 1.165) is 6.42 Å². The quantitative estimate of drug-likeness (QED) is 0.680. The summed E-state index contributed by atoms with van der Waals surface area (Å²) in [5, 5.41) is 0.430. The summed E-state index contributed by atoms with van der Waals surface area (Å²) in [6.45, 7) is 4.89. The molecule has 0 bridgehead atoms. The summed E-state index contributed by atoms with van der Waals surface area (Å²) in [5.41, 5.74) is 0. The van der Waals surface area contributed by atoms with Gasteiger partial charge in [-0.3, -0.25) is 0 Å². The van der Waals surface area contributed by atoms with Crippen LogP contribution in [0.4, 0.5) is 0 Å². The fourth-order valence-electron chi connectivity index (χ4n) is 1.22. The average Bonchev–Trinajstić information content (AvgIpc) is 2.17. The maximum Gasteiger partial charge on any atom is 0.259 e. The van der Waals surface area contributed by atoms with Gasteiger partial charge in [-0.05, 0) is 25.6 Å². The number of sulfone groups is 1. The Morgan fingerprint density at radius 1 is 1.47 bits per heavy atom. The molecule has 1 aliphatic heterocycles. The van der Waals surface area contributed by atoms with Gasteiger partial charge in [-0.2, -0.15) is 0 Å². The molecule has 1 heterocycles. The van der Waals surface area contributed by atoms with Gasteiger partial charge < -0.3 is 9.64 Å². The van der Waals surface area contributed by atoms with Crippen LogP contribution in [0.5, 0.6) is 0 Å². The number of hydrogen-bond acceptors (Lipinski definition) is 4. The molecular formula is C9H17NO3S2. The van der Waals surface area contributed by atoms with Crippen LogP contribution in [0, 0.1) is 0 Å². The van der Waals surface area contributed by atoms with Gasteiger partial charge in [0.1, 0.15) is 0 Å². The van der Waals surface area contributed by atoms with Gasteiger partial charge >= 0.3 is 0 Å². The lowest BCUT2D eigenvalue weighted by Gasteiger charge is -2.29. The van der Waals surface area contributed by atoms with E-state index in [1.807, 2.05) is 18.7 Å². The van der Waals surface area contributed by atoms with Crippen LogP contribution >= 0.6 is 12.2 Å². The second-order valence-corrected chi connectivity index (χ2v) is 6.39. The summed E-state index contributed by atoms with van der Waals surface area (Å²) in [7, 11) is -2.84. The minimum atomic E-state index is -2.84. The van der Waals surface area contributed by atoms with Gasteiger partial charge in [0.15, 0.2) is 9.84 Å². The van der Waals surface area contributed by atoms with E-state index in [2.05, 4.69) is 0 Å². The third kappa shape index (κ3) is 3.95. The van der Waals surface area contributed by atoms with Crippen molar-refractivity contribution >= 4 is 27.2 Å². The highest BCUT2D eigenvalue weighted by Gasteiger charge is 2.24. The normalized spacial score (nSPS) is 22.1. The molecule has 6 heteroatoms. The predicted octanol–water partition coefficient (Wildman–Crippen LogP) is 0.817. The highest BCUT2D eigenvalue weighted by atomic mass is 32.2. The molecule has 88 valence electrons. The monoisotopic (exact) mass is 251 g/mol. The van der Waals surface area contributed by atoms with Crippen molar-refractivity contribution in [1.29, 1.82) is 0 Å². The molecule has 0 aromatic heterocycles. The third-order valence-corrected chi connectivity index (χ3v) is 4.44. The van der Waals surface area contributed by atoms with Gasteiger partial charge in [0.05, 0.1) is 17.6 Å².